The van der Waals surface area contributed by atoms with E-state index >= 15 is 0 Å². The summed E-state index contributed by atoms with van der Waals surface area (Å²) >= 11 is 1.32. The molecule has 0 spiro atoms. The highest BCUT2D eigenvalue weighted by Gasteiger charge is 2.14. The van der Waals surface area contributed by atoms with E-state index in [9.17, 15) is 9.59 Å². The molecule has 1 aromatic carbocycles. The number of hydrogen-bond donors (Lipinski definition) is 1. The fraction of sp³-hybridized carbons (Fsp3) is 0.333. The number of thioether (sulfide) groups is 1. The first kappa shape index (κ1) is 14.4. The second kappa shape index (κ2) is 6.90. The zero-order valence-electron chi connectivity index (χ0n) is 10.2. The first-order valence-electron chi connectivity index (χ1n) is 5.28. The van der Waals surface area contributed by atoms with Gasteiger partial charge in [0.1, 0.15) is 5.75 Å². The lowest BCUT2D eigenvalue weighted by Crippen LogP contribution is -2.30. The number of hydrogen-bond acceptors (Lipinski definition) is 5. The van der Waals surface area contributed by atoms with Gasteiger partial charge in [-0.15, -0.1) is 11.8 Å². The van der Waals surface area contributed by atoms with Crippen molar-refractivity contribution >= 4 is 23.6 Å². The van der Waals surface area contributed by atoms with Gasteiger partial charge in [0, 0.05) is 4.90 Å². The maximum Gasteiger partial charge on any atom is 0.317 e. The van der Waals surface area contributed by atoms with Gasteiger partial charge in [-0.1, -0.05) is 0 Å². The van der Waals surface area contributed by atoms with Gasteiger partial charge in [0.15, 0.2) is 6.10 Å². The number of rotatable bonds is 6. The Kier molecular flexibility index (Phi) is 5.51. The van der Waals surface area contributed by atoms with Crippen molar-refractivity contribution in [2.24, 2.45) is 5.73 Å². The van der Waals surface area contributed by atoms with Crippen molar-refractivity contribution in [1.29, 1.82) is 0 Å². The second-order valence-corrected chi connectivity index (χ2v) is 4.55. The average molecular weight is 269 g/mol. The quantitative estimate of drug-likeness (QED) is 0.620. The highest BCUT2D eigenvalue weighted by Crippen LogP contribution is 2.21. The molecule has 0 unspecified atom stereocenters. The predicted molar refractivity (Wildman–Crippen MR) is 68.5 cm³/mol. The van der Waals surface area contributed by atoms with Gasteiger partial charge in [-0.2, -0.15) is 0 Å². The molecule has 0 bridgehead atoms. The van der Waals surface area contributed by atoms with E-state index in [-0.39, 0.29) is 5.75 Å². The minimum Gasteiger partial charge on any atom is -0.497 e. The summed E-state index contributed by atoms with van der Waals surface area (Å²) in [6, 6.07) is 7.29. The van der Waals surface area contributed by atoms with Crippen molar-refractivity contribution in [3.05, 3.63) is 24.3 Å². The summed E-state index contributed by atoms with van der Waals surface area (Å²) in [4.78, 5) is 23.0. The first-order valence-corrected chi connectivity index (χ1v) is 6.27. The number of esters is 1. The molecule has 0 saturated carbocycles. The second-order valence-electron chi connectivity index (χ2n) is 3.50. The molecule has 1 amide bonds. The molecule has 0 fully saturated rings. The Morgan fingerprint density at radius 3 is 2.44 bits per heavy atom. The number of nitrogens with two attached hydrogens (primary N) is 1. The smallest absolute Gasteiger partial charge is 0.317 e. The van der Waals surface area contributed by atoms with E-state index in [1.54, 1.807) is 19.2 Å². The van der Waals surface area contributed by atoms with Crippen molar-refractivity contribution in [1.82, 2.24) is 0 Å². The molecule has 2 N–H and O–H groups in total. The van der Waals surface area contributed by atoms with Crippen molar-refractivity contribution < 1.29 is 19.1 Å². The Hall–Kier alpha value is -1.69. The van der Waals surface area contributed by atoms with Crippen LogP contribution in [0.2, 0.25) is 0 Å². The topological polar surface area (TPSA) is 78.6 Å². The van der Waals surface area contributed by atoms with Gasteiger partial charge in [0.05, 0.1) is 12.9 Å². The van der Waals surface area contributed by atoms with Gasteiger partial charge in [-0.25, -0.2) is 0 Å². The maximum atomic E-state index is 11.4. The van der Waals surface area contributed by atoms with E-state index in [1.807, 2.05) is 12.1 Å². The van der Waals surface area contributed by atoms with Crippen LogP contribution in [0.25, 0.3) is 0 Å². The summed E-state index contributed by atoms with van der Waals surface area (Å²) < 4.78 is 9.84. The standard InChI is InChI=1S/C12H15NO4S/c1-8(12(13)15)17-11(14)7-18-10-5-3-9(16-2)4-6-10/h3-6,8H,7H2,1-2H3,(H2,13,15)/t8-/m0/s1. The van der Waals surface area contributed by atoms with Gasteiger partial charge < -0.3 is 15.2 Å². The van der Waals surface area contributed by atoms with E-state index < -0.39 is 18.0 Å². The number of methoxy groups -OCH3 is 1. The number of carbonyl (C=O) groups excluding carboxylic acids is 2. The molecule has 1 atom stereocenters. The van der Waals surface area contributed by atoms with Gasteiger partial charge in [0.2, 0.25) is 0 Å². The highest BCUT2D eigenvalue weighted by molar-refractivity contribution is 8.00. The van der Waals surface area contributed by atoms with Gasteiger partial charge >= 0.3 is 5.97 Å². The molecule has 0 aliphatic heterocycles. The minimum atomic E-state index is -0.894. The number of primary amides is 1. The summed E-state index contributed by atoms with van der Waals surface area (Å²) in [6.45, 7) is 1.44. The number of amides is 1. The summed E-state index contributed by atoms with van der Waals surface area (Å²) in [7, 11) is 1.59. The number of ether oxygens (including phenoxy) is 2. The van der Waals surface area contributed by atoms with Crippen LogP contribution in [0.3, 0.4) is 0 Å². The Morgan fingerprint density at radius 1 is 1.33 bits per heavy atom. The molecule has 1 aromatic rings. The third-order valence-corrected chi connectivity index (χ3v) is 3.11. The zero-order valence-corrected chi connectivity index (χ0v) is 11.0. The normalized spacial score (nSPS) is 11.7. The molecule has 0 aliphatic carbocycles. The lowest BCUT2D eigenvalue weighted by molar-refractivity contribution is -0.151. The van der Waals surface area contributed by atoms with Gasteiger partial charge in [0.25, 0.3) is 5.91 Å². The van der Waals surface area contributed by atoms with Crippen molar-refractivity contribution in [2.45, 2.75) is 17.9 Å². The van der Waals surface area contributed by atoms with Crippen LogP contribution < -0.4 is 10.5 Å². The largest absolute Gasteiger partial charge is 0.497 e. The molecule has 6 heteroatoms. The van der Waals surface area contributed by atoms with Crippen LogP contribution in [-0.2, 0) is 14.3 Å². The fourth-order valence-corrected chi connectivity index (χ4v) is 1.78. The summed E-state index contributed by atoms with van der Waals surface area (Å²) in [5.41, 5.74) is 4.99. The van der Waals surface area contributed by atoms with Crippen molar-refractivity contribution in [3.63, 3.8) is 0 Å². The van der Waals surface area contributed by atoms with Crippen LogP contribution in [0, 0.1) is 0 Å². The van der Waals surface area contributed by atoms with Crippen molar-refractivity contribution in [3.8, 4) is 5.75 Å². The molecule has 1 rings (SSSR count). The Bertz CT molecular complexity index is 419. The van der Waals surface area contributed by atoms with Gasteiger partial charge in [-0.05, 0) is 31.2 Å². The van der Waals surface area contributed by atoms with Crippen LogP contribution in [0.4, 0.5) is 0 Å². The van der Waals surface area contributed by atoms with Gasteiger partial charge in [-0.3, -0.25) is 9.59 Å². The Labute approximate surface area is 110 Å². The van der Waals surface area contributed by atoms with E-state index in [0.29, 0.717) is 0 Å². The minimum absolute atomic E-state index is 0.129. The molecule has 0 heterocycles. The molecule has 98 valence electrons. The summed E-state index contributed by atoms with van der Waals surface area (Å²) in [6.07, 6.45) is -0.894. The molecule has 0 aromatic heterocycles. The van der Waals surface area contributed by atoms with Crippen LogP contribution in [0.5, 0.6) is 5.75 Å². The maximum absolute atomic E-state index is 11.4. The fourth-order valence-electron chi connectivity index (χ4n) is 1.10. The molecular weight excluding hydrogens is 254 g/mol. The molecule has 0 radical (unpaired) electrons. The average Bonchev–Trinajstić information content (AvgIpc) is 2.36. The summed E-state index contributed by atoms with van der Waals surface area (Å²) in [5, 5.41) is 0. The molecule has 0 saturated heterocycles. The van der Waals surface area contributed by atoms with E-state index in [2.05, 4.69) is 0 Å². The van der Waals surface area contributed by atoms with E-state index in [0.717, 1.165) is 10.6 Å². The molecule has 5 nitrogen and oxygen atoms in total. The molecular formula is C12H15NO4S. The third kappa shape index (κ3) is 4.67. The number of benzene rings is 1. The molecule has 18 heavy (non-hydrogen) atoms. The van der Waals surface area contributed by atoms with Crippen LogP contribution in [-0.4, -0.2) is 30.8 Å². The van der Waals surface area contributed by atoms with Crippen LogP contribution >= 0.6 is 11.8 Å². The zero-order chi connectivity index (χ0) is 13.5. The van der Waals surface area contributed by atoms with E-state index in [1.165, 1.54) is 18.7 Å². The van der Waals surface area contributed by atoms with Crippen molar-refractivity contribution in [2.75, 3.05) is 12.9 Å². The third-order valence-electron chi connectivity index (χ3n) is 2.13. The summed E-state index contributed by atoms with van der Waals surface area (Å²) in [5.74, 6) is -0.242. The Morgan fingerprint density at radius 2 is 1.94 bits per heavy atom. The number of carbonyl (C=O) groups is 2. The monoisotopic (exact) mass is 269 g/mol. The predicted octanol–water partition coefficient (Wildman–Crippen LogP) is 1.20. The van der Waals surface area contributed by atoms with Crippen LogP contribution in [0.15, 0.2) is 29.2 Å². The van der Waals surface area contributed by atoms with E-state index in [4.69, 9.17) is 15.2 Å². The SMILES string of the molecule is COc1ccc(SCC(=O)O[C@@H](C)C(N)=O)cc1. The lowest BCUT2D eigenvalue weighted by Gasteiger charge is -2.09. The Balaban J connectivity index is 2.40. The molecule has 0 aliphatic rings. The lowest BCUT2D eigenvalue weighted by atomic mass is 10.3. The van der Waals surface area contributed by atoms with Crippen LogP contribution in [0.1, 0.15) is 6.92 Å². The highest BCUT2D eigenvalue weighted by atomic mass is 32.2. The first-order chi connectivity index (χ1) is 8.52.